The molecule has 0 bridgehead atoms. The molecular formula is C12H9KN2O4S2. The van der Waals surface area contributed by atoms with Crippen LogP contribution >= 0.6 is 21.6 Å². The number of nitrogens with zero attached hydrogens (tertiary/aromatic N) is 2. The molecule has 0 saturated carbocycles. The van der Waals surface area contributed by atoms with Crippen LogP contribution in [0.25, 0.3) is 0 Å². The zero-order chi connectivity index (χ0) is 14.5. The van der Waals surface area contributed by atoms with Gasteiger partial charge in [0.2, 0.25) is 0 Å². The monoisotopic (exact) mass is 348 g/mol. The molecule has 0 amide bonds. The molecule has 2 aromatic heterocycles. The molecule has 0 radical (unpaired) electrons. The van der Waals surface area contributed by atoms with E-state index in [-0.39, 0.29) is 62.5 Å². The summed E-state index contributed by atoms with van der Waals surface area (Å²) in [4.78, 5) is 29.3. The molecule has 0 fully saturated rings. The summed E-state index contributed by atoms with van der Waals surface area (Å²) in [6.07, 6.45) is 2.57. The molecule has 0 aromatic carbocycles. The van der Waals surface area contributed by atoms with Gasteiger partial charge in [-0.25, -0.2) is 19.6 Å². The van der Waals surface area contributed by atoms with Crippen molar-refractivity contribution in [3.63, 3.8) is 0 Å². The Kier molecular flexibility index (Phi) is 7.88. The molecule has 0 atom stereocenters. The van der Waals surface area contributed by atoms with Crippen molar-refractivity contribution in [2.24, 2.45) is 0 Å². The number of pyridine rings is 2. The van der Waals surface area contributed by atoms with E-state index in [1.807, 2.05) is 0 Å². The average Bonchev–Trinajstić information content (AvgIpc) is 2.46. The van der Waals surface area contributed by atoms with Crippen molar-refractivity contribution in [1.82, 2.24) is 9.97 Å². The molecule has 2 N–H and O–H groups in total. The molecule has 0 spiro atoms. The summed E-state index contributed by atoms with van der Waals surface area (Å²) in [5.41, 5.74) is 0.256. The fraction of sp³-hybridized carbons (Fsp3) is 0. The van der Waals surface area contributed by atoms with Gasteiger partial charge in [-0.15, -0.1) is 0 Å². The molecule has 2 heterocycles. The van der Waals surface area contributed by atoms with Crippen LogP contribution in [0.2, 0.25) is 0 Å². The second-order valence-electron chi connectivity index (χ2n) is 3.55. The molecule has 0 saturated heterocycles. The zero-order valence-corrected chi connectivity index (χ0v) is 11.5. The maximum atomic E-state index is 10.7. The summed E-state index contributed by atoms with van der Waals surface area (Å²) in [5, 5.41) is 18.8. The van der Waals surface area contributed by atoms with E-state index in [2.05, 4.69) is 9.97 Å². The predicted molar refractivity (Wildman–Crippen MR) is 81.3 cm³/mol. The van der Waals surface area contributed by atoms with Crippen molar-refractivity contribution in [1.29, 1.82) is 0 Å². The van der Waals surface area contributed by atoms with E-state index in [1.165, 1.54) is 46.1 Å². The number of rotatable bonds is 5. The standard InChI is InChI=1S/C12H8N2O4S2.K.H/c15-11(16)7-1-3-9(13-5-7)19-20-10-4-2-8(6-14-10)12(17)18;;/h1-6H,(H,15,16)(H,17,18);;. The first kappa shape index (κ1) is 18.6. The van der Waals surface area contributed by atoms with Crippen LogP contribution in [0.15, 0.2) is 46.7 Å². The van der Waals surface area contributed by atoms with Gasteiger partial charge in [-0.3, -0.25) is 0 Å². The third kappa shape index (κ3) is 5.70. The molecule has 0 aliphatic heterocycles. The molecule has 104 valence electrons. The molecule has 2 rings (SSSR count). The van der Waals surface area contributed by atoms with Crippen LogP contribution in [-0.4, -0.2) is 83.5 Å². The van der Waals surface area contributed by atoms with Gasteiger partial charge in [-0.05, 0) is 45.9 Å². The van der Waals surface area contributed by atoms with Gasteiger partial charge >= 0.3 is 63.3 Å². The fourth-order valence-corrected chi connectivity index (χ4v) is 2.91. The number of hydrogen-bond donors (Lipinski definition) is 2. The fourth-order valence-electron chi connectivity index (χ4n) is 1.20. The van der Waals surface area contributed by atoms with Crippen LogP contribution in [0.1, 0.15) is 20.7 Å². The quantitative estimate of drug-likeness (QED) is 0.625. The second-order valence-corrected chi connectivity index (χ2v) is 5.72. The Labute approximate surface area is 170 Å². The van der Waals surface area contributed by atoms with Crippen LogP contribution in [0.4, 0.5) is 0 Å². The van der Waals surface area contributed by atoms with E-state index in [0.717, 1.165) is 0 Å². The molecular weight excluding hydrogens is 339 g/mol. The van der Waals surface area contributed by atoms with Crippen molar-refractivity contribution in [2.45, 2.75) is 10.1 Å². The summed E-state index contributed by atoms with van der Waals surface area (Å²) < 4.78 is 0. The summed E-state index contributed by atoms with van der Waals surface area (Å²) in [6.45, 7) is 0. The van der Waals surface area contributed by atoms with E-state index in [9.17, 15) is 9.59 Å². The summed E-state index contributed by atoms with van der Waals surface area (Å²) in [6, 6.07) is 6.15. The van der Waals surface area contributed by atoms with Gasteiger partial charge in [0.05, 0.1) is 11.1 Å². The number of carboxylic acid groups (broad SMARTS) is 2. The molecule has 21 heavy (non-hydrogen) atoms. The first-order valence-corrected chi connectivity index (χ1v) is 7.44. The van der Waals surface area contributed by atoms with E-state index in [0.29, 0.717) is 10.1 Å². The van der Waals surface area contributed by atoms with Gasteiger partial charge in [-0.1, -0.05) is 0 Å². The third-order valence-corrected chi connectivity index (χ3v) is 4.36. The first-order valence-electron chi connectivity index (χ1n) is 5.29. The Hall–Kier alpha value is -0.424. The Morgan fingerprint density at radius 3 is 1.43 bits per heavy atom. The van der Waals surface area contributed by atoms with Crippen LogP contribution in [0.3, 0.4) is 0 Å². The van der Waals surface area contributed by atoms with Crippen LogP contribution in [0, 0.1) is 0 Å². The number of hydrogen-bond acceptors (Lipinski definition) is 6. The van der Waals surface area contributed by atoms with E-state index < -0.39 is 11.9 Å². The predicted octanol–water partition coefficient (Wildman–Crippen LogP) is 2.02. The van der Waals surface area contributed by atoms with Crippen LogP contribution in [-0.2, 0) is 0 Å². The van der Waals surface area contributed by atoms with E-state index in [4.69, 9.17) is 10.2 Å². The third-order valence-electron chi connectivity index (χ3n) is 2.18. The zero-order valence-electron chi connectivity index (χ0n) is 9.89. The molecule has 6 nitrogen and oxygen atoms in total. The minimum atomic E-state index is -1.02. The molecule has 0 unspecified atom stereocenters. The minimum absolute atomic E-state index is 0. The van der Waals surface area contributed by atoms with Crippen molar-refractivity contribution >= 4 is 84.9 Å². The number of carboxylic acids is 2. The van der Waals surface area contributed by atoms with Gasteiger partial charge in [-0.2, -0.15) is 0 Å². The van der Waals surface area contributed by atoms with Crippen LogP contribution < -0.4 is 0 Å². The van der Waals surface area contributed by atoms with Gasteiger partial charge in [0.1, 0.15) is 10.1 Å². The summed E-state index contributed by atoms with van der Waals surface area (Å²) in [5.74, 6) is -2.04. The van der Waals surface area contributed by atoms with E-state index >= 15 is 0 Å². The van der Waals surface area contributed by atoms with Crippen LogP contribution in [0.5, 0.6) is 0 Å². The van der Waals surface area contributed by atoms with Crippen molar-refractivity contribution in [3.8, 4) is 0 Å². The maximum absolute atomic E-state index is 10.7. The second kappa shape index (κ2) is 8.88. The number of aromatic nitrogens is 2. The first-order chi connectivity index (χ1) is 9.56. The van der Waals surface area contributed by atoms with Crippen molar-refractivity contribution in [3.05, 3.63) is 47.8 Å². The van der Waals surface area contributed by atoms with Crippen molar-refractivity contribution < 1.29 is 19.8 Å². The molecule has 0 aliphatic rings. The molecule has 0 aliphatic carbocycles. The summed E-state index contributed by atoms with van der Waals surface area (Å²) >= 11 is 0. The molecule has 2 aromatic rings. The Balaban J connectivity index is 0.00000220. The number of carbonyl (C=O) groups is 2. The summed E-state index contributed by atoms with van der Waals surface area (Å²) in [7, 11) is 2.62. The Morgan fingerprint density at radius 2 is 1.19 bits per heavy atom. The van der Waals surface area contributed by atoms with Crippen molar-refractivity contribution in [2.75, 3.05) is 0 Å². The average molecular weight is 348 g/mol. The van der Waals surface area contributed by atoms with Gasteiger partial charge in [0.15, 0.2) is 0 Å². The van der Waals surface area contributed by atoms with Gasteiger partial charge in [0, 0.05) is 12.4 Å². The SMILES string of the molecule is O=C(O)c1ccc(SSc2ccc(C(=O)O)cn2)nc1.[KH]. The van der Waals surface area contributed by atoms with Gasteiger partial charge < -0.3 is 10.2 Å². The van der Waals surface area contributed by atoms with E-state index in [1.54, 1.807) is 12.1 Å². The Bertz CT molecular complexity index is 577. The topological polar surface area (TPSA) is 100 Å². The number of aromatic carboxylic acids is 2. The molecule has 9 heteroatoms. The van der Waals surface area contributed by atoms with Gasteiger partial charge in [0.25, 0.3) is 0 Å². The Morgan fingerprint density at radius 1 is 0.810 bits per heavy atom. The normalized spacial score (nSPS) is 9.71.